The highest BCUT2D eigenvalue weighted by Gasteiger charge is 2.17. The number of guanidine groups is 1. The number of hydrogen-bond donors (Lipinski definition) is 2. The van der Waals surface area contributed by atoms with Gasteiger partial charge in [-0.15, -0.1) is 24.0 Å². The van der Waals surface area contributed by atoms with Gasteiger partial charge >= 0.3 is 0 Å². The minimum Gasteiger partial charge on any atom is -0.357 e. The van der Waals surface area contributed by atoms with Gasteiger partial charge in [-0.25, -0.2) is 0 Å². The minimum atomic E-state index is 0. The second-order valence-corrected chi connectivity index (χ2v) is 7.39. The Balaban J connectivity index is 0.00000220. The molecule has 0 amide bonds. The van der Waals surface area contributed by atoms with E-state index in [1.807, 2.05) is 0 Å². The molecule has 2 heterocycles. The van der Waals surface area contributed by atoms with Gasteiger partial charge in [0.15, 0.2) is 5.96 Å². The molecule has 2 aliphatic rings. The molecule has 4 nitrogen and oxygen atoms in total. The van der Waals surface area contributed by atoms with Crippen LogP contribution in [0.1, 0.15) is 32.6 Å². The first kappa shape index (κ1) is 19.4. The van der Waals surface area contributed by atoms with Crippen LogP contribution in [0.3, 0.4) is 0 Å². The number of nitrogens with one attached hydrogen (secondary N) is 2. The number of aliphatic imine (C=N–C) groups is 1. The molecule has 1 atom stereocenters. The monoisotopic (exact) mass is 426 g/mol. The lowest BCUT2D eigenvalue weighted by Crippen LogP contribution is -2.40. The van der Waals surface area contributed by atoms with E-state index >= 15 is 0 Å². The number of likely N-dealkylation sites (tertiary alicyclic amines) is 1. The van der Waals surface area contributed by atoms with Gasteiger partial charge in [-0.05, 0) is 64.4 Å². The van der Waals surface area contributed by atoms with E-state index in [-0.39, 0.29) is 24.0 Å². The molecule has 0 aliphatic carbocycles. The van der Waals surface area contributed by atoms with E-state index < -0.39 is 0 Å². The highest BCUT2D eigenvalue weighted by molar-refractivity contribution is 14.0. The molecule has 21 heavy (non-hydrogen) atoms. The third kappa shape index (κ3) is 7.41. The Morgan fingerprint density at radius 1 is 1.24 bits per heavy atom. The Morgan fingerprint density at radius 2 is 2.00 bits per heavy atom. The Hall–Kier alpha value is 0.310. The van der Waals surface area contributed by atoms with E-state index in [1.165, 1.54) is 44.5 Å². The van der Waals surface area contributed by atoms with Crippen LogP contribution in [0.15, 0.2) is 4.99 Å². The molecule has 0 bridgehead atoms. The van der Waals surface area contributed by atoms with Gasteiger partial charge < -0.3 is 15.5 Å². The van der Waals surface area contributed by atoms with E-state index in [9.17, 15) is 0 Å². The largest absolute Gasteiger partial charge is 0.357 e. The molecule has 6 heteroatoms. The number of nitrogens with zero attached hydrogens (tertiary/aromatic N) is 2. The van der Waals surface area contributed by atoms with Crippen molar-refractivity contribution in [3.63, 3.8) is 0 Å². The highest BCUT2D eigenvalue weighted by Crippen LogP contribution is 2.25. The Morgan fingerprint density at radius 3 is 2.62 bits per heavy atom. The number of thioether (sulfide) groups is 1. The van der Waals surface area contributed by atoms with Crippen LogP contribution in [0.25, 0.3) is 0 Å². The van der Waals surface area contributed by atoms with Crippen LogP contribution in [-0.2, 0) is 0 Å². The van der Waals surface area contributed by atoms with E-state index in [2.05, 4.69) is 41.3 Å². The fourth-order valence-electron chi connectivity index (χ4n) is 2.82. The van der Waals surface area contributed by atoms with Crippen LogP contribution < -0.4 is 10.6 Å². The maximum atomic E-state index is 4.79. The van der Waals surface area contributed by atoms with Crippen LogP contribution in [0.4, 0.5) is 0 Å². The number of piperidine rings is 1. The first-order chi connectivity index (χ1) is 9.78. The van der Waals surface area contributed by atoms with Gasteiger partial charge in [-0.3, -0.25) is 4.99 Å². The molecule has 2 aliphatic heterocycles. The van der Waals surface area contributed by atoms with Crippen molar-refractivity contribution in [2.24, 2.45) is 10.9 Å². The van der Waals surface area contributed by atoms with E-state index in [1.54, 1.807) is 0 Å². The van der Waals surface area contributed by atoms with Crippen molar-refractivity contribution in [3.8, 4) is 0 Å². The van der Waals surface area contributed by atoms with Crippen LogP contribution >= 0.6 is 35.7 Å². The number of halogens is 1. The summed E-state index contributed by atoms with van der Waals surface area (Å²) in [6, 6.07) is 0. The molecule has 0 aromatic carbocycles. The molecular weight excluding hydrogens is 395 g/mol. The maximum Gasteiger partial charge on any atom is 0.191 e. The Labute approximate surface area is 151 Å². The first-order valence-corrected chi connectivity index (χ1v) is 9.15. The van der Waals surface area contributed by atoms with Gasteiger partial charge in [-0.2, -0.15) is 11.8 Å². The van der Waals surface area contributed by atoms with Crippen molar-refractivity contribution in [1.29, 1.82) is 0 Å². The van der Waals surface area contributed by atoms with Gasteiger partial charge in [0.2, 0.25) is 0 Å². The molecular formula is C15H31IN4S. The topological polar surface area (TPSA) is 39.7 Å². The van der Waals surface area contributed by atoms with Crippen LogP contribution in [0, 0.1) is 5.92 Å². The summed E-state index contributed by atoms with van der Waals surface area (Å²) in [5, 5.41) is 7.67. The molecule has 2 saturated heterocycles. The van der Waals surface area contributed by atoms with Crippen molar-refractivity contribution in [2.45, 2.75) is 37.9 Å². The molecule has 0 aromatic heterocycles. The smallest absolute Gasteiger partial charge is 0.191 e. The molecule has 0 spiro atoms. The first-order valence-electron chi connectivity index (χ1n) is 8.10. The predicted octanol–water partition coefficient (Wildman–Crippen LogP) is 2.40. The minimum absolute atomic E-state index is 0. The van der Waals surface area contributed by atoms with Crippen LogP contribution in [-0.4, -0.2) is 61.6 Å². The van der Waals surface area contributed by atoms with E-state index in [0.29, 0.717) is 0 Å². The Bertz CT molecular complexity index is 300. The Kier molecular flexibility index (Phi) is 10.1. The van der Waals surface area contributed by atoms with Gasteiger partial charge in [-0.1, -0.05) is 0 Å². The van der Waals surface area contributed by atoms with Crippen molar-refractivity contribution in [2.75, 3.05) is 45.5 Å². The third-order valence-electron chi connectivity index (χ3n) is 4.21. The van der Waals surface area contributed by atoms with Crippen LogP contribution in [0.5, 0.6) is 0 Å². The van der Waals surface area contributed by atoms with Crippen molar-refractivity contribution in [1.82, 2.24) is 15.5 Å². The van der Waals surface area contributed by atoms with E-state index in [0.717, 1.165) is 36.8 Å². The molecule has 0 aromatic rings. The molecule has 0 saturated carbocycles. The molecule has 0 radical (unpaired) electrons. The number of hydrogen-bond acceptors (Lipinski definition) is 3. The second-order valence-electron chi connectivity index (χ2n) is 5.98. The molecule has 124 valence electrons. The lowest BCUT2D eigenvalue weighted by molar-refractivity contribution is 0.223. The van der Waals surface area contributed by atoms with Crippen LogP contribution in [0.2, 0.25) is 0 Å². The quantitative estimate of drug-likeness (QED) is 0.403. The fraction of sp³-hybridized carbons (Fsp3) is 0.933. The zero-order valence-corrected chi connectivity index (χ0v) is 16.6. The third-order valence-corrected chi connectivity index (χ3v) is 5.61. The molecule has 2 N–H and O–H groups in total. The lowest BCUT2D eigenvalue weighted by atomic mass is 9.97. The number of rotatable bonds is 5. The van der Waals surface area contributed by atoms with Crippen molar-refractivity contribution < 1.29 is 0 Å². The summed E-state index contributed by atoms with van der Waals surface area (Å²) in [5.41, 5.74) is 0. The zero-order chi connectivity index (χ0) is 14.2. The van der Waals surface area contributed by atoms with Gasteiger partial charge in [0.05, 0.1) is 0 Å². The second kappa shape index (κ2) is 10.9. The summed E-state index contributed by atoms with van der Waals surface area (Å²) < 4.78 is 0. The molecule has 1 unspecified atom stereocenters. The van der Waals surface area contributed by atoms with Gasteiger partial charge in [0.1, 0.15) is 0 Å². The SMILES string of the molecule is CCNC(=NCC1CCN(C)CC1)NCC1CCCS1.I. The molecule has 2 rings (SSSR count). The maximum absolute atomic E-state index is 4.79. The summed E-state index contributed by atoms with van der Waals surface area (Å²) in [5.74, 6) is 3.11. The standard InChI is InChI=1S/C15H30N4S.HI/c1-3-16-15(18-12-14-5-4-10-20-14)17-11-13-6-8-19(2)9-7-13;/h13-14H,3-12H2,1-2H3,(H2,16,17,18);1H. The molecule has 2 fully saturated rings. The average molecular weight is 426 g/mol. The summed E-state index contributed by atoms with van der Waals surface area (Å²) in [6.07, 6.45) is 5.31. The van der Waals surface area contributed by atoms with Gasteiger partial charge in [0.25, 0.3) is 0 Å². The summed E-state index contributed by atoms with van der Waals surface area (Å²) in [4.78, 5) is 7.21. The van der Waals surface area contributed by atoms with Crippen molar-refractivity contribution >= 4 is 41.7 Å². The van der Waals surface area contributed by atoms with Crippen molar-refractivity contribution in [3.05, 3.63) is 0 Å². The summed E-state index contributed by atoms with van der Waals surface area (Å²) in [7, 11) is 2.21. The average Bonchev–Trinajstić information content (AvgIpc) is 2.97. The summed E-state index contributed by atoms with van der Waals surface area (Å²) in [6.45, 7) is 7.56. The normalized spacial score (nSPS) is 24.7. The van der Waals surface area contributed by atoms with E-state index in [4.69, 9.17) is 4.99 Å². The highest BCUT2D eigenvalue weighted by atomic mass is 127. The van der Waals surface area contributed by atoms with Gasteiger partial charge in [0, 0.05) is 24.9 Å². The predicted molar refractivity (Wildman–Crippen MR) is 105 cm³/mol. The summed E-state index contributed by atoms with van der Waals surface area (Å²) >= 11 is 2.10. The lowest BCUT2D eigenvalue weighted by Gasteiger charge is -2.28. The fourth-order valence-corrected chi connectivity index (χ4v) is 4.02. The zero-order valence-electron chi connectivity index (χ0n) is 13.4.